The maximum atomic E-state index is 12.4. The first kappa shape index (κ1) is 8.10. The Bertz CT molecular complexity index is 139. The summed E-state index contributed by atoms with van der Waals surface area (Å²) < 4.78 is 12.4. The molecule has 0 radical (unpaired) electrons. The summed E-state index contributed by atoms with van der Waals surface area (Å²) in [5, 5.41) is 0. The third-order valence-corrected chi connectivity index (χ3v) is 0.815. The van der Waals surface area contributed by atoms with E-state index in [0.717, 1.165) is 0 Å². The van der Waals surface area contributed by atoms with Gasteiger partial charge in [-0.15, -0.1) is 0 Å². The van der Waals surface area contributed by atoms with Crippen LogP contribution in [0.1, 0.15) is 6.92 Å². The molecule has 0 bridgehead atoms. The van der Waals surface area contributed by atoms with E-state index in [1.807, 2.05) is 0 Å². The number of nitrogens with two attached hydrogens (primary N) is 2. The van der Waals surface area contributed by atoms with Crippen molar-refractivity contribution in [1.29, 1.82) is 0 Å². The van der Waals surface area contributed by atoms with Crippen LogP contribution in [0.25, 0.3) is 0 Å². The molecule has 0 aromatic rings. The molecular weight excluding hydrogens is 121 g/mol. The van der Waals surface area contributed by atoms with Crippen molar-refractivity contribution >= 4 is 6.72 Å². The Hall–Kier alpha value is -0.900. The highest BCUT2D eigenvalue weighted by molar-refractivity contribution is 5.29. The topological polar surface area (TPSA) is 64.4 Å². The summed E-state index contributed by atoms with van der Waals surface area (Å²) in [5.74, 6) is -0.852. The number of rotatable bonds is 2. The predicted molar refractivity (Wildman–Crippen MR) is 35.5 cm³/mol. The second-order valence-electron chi connectivity index (χ2n) is 1.68. The van der Waals surface area contributed by atoms with E-state index in [1.54, 1.807) is 0 Å². The number of halogens is 1. The van der Waals surface area contributed by atoms with E-state index in [4.69, 9.17) is 11.5 Å². The molecule has 0 saturated heterocycles. The van der Waals surface area contributed by atoms with Crippen molar-refractivity contribution in [2.45, 2.75) is 13.0 Å². The van der Waals surface area contributed by atoms with Gasteiger partial charge in [0.05, 0.1) is 6.04 Å². The molecule has 0 aliphatic heterocycles. The molecule has 1 atom stereocenters. The van der Waals surface area contributed by atoms with Crippen LogP contribution in [0.3, 0.4) is 0 Å². The van der Waals surface area contributed by atoms with Crippen molar-refractivity contribution < 1.29 is 4.39 Å². The van der Waals surface area contributed by atoms with E-state index >= 15 is 0 Å². The smallest absolute Gasteiger partial charge is 0.158 e. The molecule has 4 heteroatoms. The minimum atomic E-state index is -0.699. The van der Waals surface area contributed by atoms with Gasteiger partial charge in [0.25, 0.3) is 0 Å². The highest BCUT2D eigenvalue weighted by atomic mass is 19.1. The summed E-state index contributed by atoms with van der Waals surface area (Å²) in [6.45, 7) is 4.52. The molecule has 52 valence electrons. The number of hydrogen-bond donors (Lipinski definition) is 2. The van der Waals surface area contributed by atoms with Gasteiger partial charge >= 0.3 is 0 Å². The van der Waals surface area contributed by atoms with Gasteiger partial charge in [-0.2, -0.15) is 0 Å². The lowest BCUT2D eigenvalue weighted by Crippen LogP contribution is -2.18. The Morgan fingerprint density at radius 3 is 2.33 bits per heavy atom. The fourth-order valence-electron chi connectivity index (χ4n) is 0.309. The summed E-state index contributed by atoms with van der Waals surface area (Å²) in [6.07, 6.45) is 0. The van der Waals surface area contributed by atoms with Crippen molar-refractivity contribution in [3.8, 4) is 0 Å². The van der Waals surface area contributed by atoms with Gasteiger partial charge in [0.15, 0.2) is 11.6 Å². The standard InChI is InChI=1S/C5H10FN3/c1-3(7)4(6)5(8)9-2/h3H,2,7-8H2,1H3/b5-4+. The van der Waals surface area contributed by atoms with E-state index in [-0.39, 0.29) is 5.82 Å². The molecule has 9 heavy (non-hydrogen) atoms. The van der Waals surface area contributed by atoms with Crippen LogP contribution in [0.5, 0.6) is 0 Å². The summed E-state index contributed by atoms with van der Waals surface area (Å²) in [4.78, 5) is 3.16. The van der Waals surface area contributed by atoms with Gasteiger partial charge in [-0.3, -0.25) is 0 Å². The molecule has 0 aromatic carbocycles. The molecule has 1 unspecified atom stereocenters. The molecule has 0 aliphatic rings. The van der Waals surface area contributed by atoms with Crippen LogP contribution >= 0.6 is 0 Å². The van der Waals surface area contributed by atoms with Gasteiger partial charge in [0, 0.05) is 0 Å². The van der Waals surface area contributed by atoms with E-state index in [9.17, 15) is 4.39 Å². The maximum absolute atomic E-state index is 12.4. The van der Waals surface area contributed by atoms with Gasteiger partial charge < -0.3 is 11.5 Å². The number of aliphatic imine (C=N–C) groups is 1. The summed E-state index contributed by atoms with van der Waals surface area (Å²) in [7, 11) is 0. The van der Waals surface area contributed by atoms with Crippen LogP contribution in [0, 0.1) is 0 Å². The van der Waals surface area contributed by atoms with E-state index in [1.165, 1.54) is 6.92 Å². The monoisotopic (exact) mass is 131 g/mol. The molecule has 0 amide bonds. The average Bonchev–Trinajstić information content (AvgIpc) is 1.84. The molecule has 0 rings (SSSR count). The normalized spacial score (nSPS) is 16.3. The summed E-state index contributed by atoms with van der Waals surface area (Å²) >= 11 is 0. The third-order valence-electron chi connectivity index (χ3n) is 0.815. The van der Waals surface area contributed by atoms with Crippen LogP contribution in [-0.2, 0) is 0 Å². The molecule has 0 spiro atoms. The zero-order valence-electron chi connectivity index (χ0n) is 5.26. The largest absolute Gasteiger partial charge is 0.382 e. The lowest BCUT2D eigenvalue weighted by molar-refractivity contribution is 0.546. The SMILES string of the molecule is C=N/C(N)=C(/F)C(C)N. The Labute approximate surface area is 53.3 Å². The van der Waals surface area contributed by atoms with Crippen molar-refractivity contribution in [1.82, 2.24) is 0 Å². The van der Waals surface area contributed by atoms with E-state index < -0.39 is 11.9 Å². The van der Waals surface area contributed by atoms with Gasteiger partial charge in [-0.05, 0) is 13.6 Å². The van der Waals surface area contributed by atoms with Gasteiger partial charge in [0.1, 0.15) is 0 Å². The van der Waals surface area contributed by atoms with E-state index in [2.05, 4.69) is 11.7 Å². The first-order valence-electron chi connectivity index (χ1n) is 2.47. The zero-order valence-corrected chi connectivity index (χ0v) is 5.26. The van der Waals surface area contributed by atoms with Gasteiger partial charge in [0.2, 0.25) is 0 Å². The van der Waals surface area contributed by atoms with Crippen LogP contribution < -0.4 is 11.5 Å². The molecule has 0 aromatic heterocycles. The molecule has 3 nitrogen and oxygen atoms in total. The van der Waals surface area contributed by atoms with Crippen molar-refractivity contribution in [3.05, 3.63) is 11.6 Å². The summed E-state index contributed by atoms with van der Waals surface area (Å²) in [6, 6.07) is -0.699. The molecule has 0 heterocycles. The lowest BCUT2D eigenvalue weighted by Gasteiger charge is -2.00. The highest BCUT2D eigenvalue weighted by Crippen LogP contribution is 2.04. The zero-order chi connectivity index (χ0) is 7.44. The minimum Gasteiger partial charge on any atom is -0.382 e. The fourth-order valence-corrected chi connectivity index (χ4v) is 0.309. The number of hydrogen-bond acceptors (Lipinski definition) is 3. The van der Waals surface area contributed by atoms with Crippen LogP contribution in [0.4, 0.5) is 4.39 Å². The first-order valence-corrected chi connectivity index (χ1v) is 2.47. The predicted octanol–water partition coefficient (Wildman–Crippen LogP) is 0.132. The van der Waals surface area contributed by atoms with Crippen molar-refractivity contribution in [3.63, 3.8) is 0 Å². The van der Waals surface area contributed by atoms with Crippen LogP contribution in [-0.4, -0.2) is 12.8 Å². The molecule has 0 fully saturated rings. The Morgan fingerprint density at radius 1 is 1.78 bits per heavy atom. The van der Waals surface area contributed by atoms with Crippen molar-refractivity contribution in [2.75, 3.05) is 0 Å². The van der Waals surface area contributed by atoms with Crippen molar-refractivity contribution in [2.24, 2.45) is 16.5 Å². The fraction of sp³-hybridized carbons (Fsp3) is 0.400. The molecule has 0 aliphatic carbocycles. The second kappa shape index (κ2) is 3.19. The van der Waals surface area contributed by atoms with Crippen LogP contribution in [0.2, 0.25) is 0 Å². The van der Waals surface area contributed by atoms with Gasteiger partial charge in [-0.1, -0.05) is 0 Å². The van der Waals surface area contributed by atoms with E-state index in [0.29, 0.717) is 0 Å². The minimum absolute atomic E-state index is 0.231. The third kappa shape index (κ3) is 2.23. The second-order valence-corrected chi connectivity index (χ2v) is 1.68. The quantitative estimate of drug-likeness (QED) is 0.523. The lowest BCUT2D eigenvalue weighted by atomic mass is 10.3. The molecular formula is C5H10FN3. The van der Waals surface area contributed by atoms with Crippen LogP contribution in [0.15, 0.2) is 16.6 Å². The molecule has 4 N–H and O–H groups in total. The molecule has 0 saturated carbocycles. The Kier molecular flexibility index (Phi) is 2.87. The average molecular weight is 131 g/mol. The first-order chi connectivity index (χ1) is 4.09. The maximum Gasteiger partial charge on any atom is 0.158 e. The number of nitrogens with zero attached hydrogens (tertiary/aromatic N) is 1. The van der Waals surface area contributed by atoms with Gasteiger partial charge in [-0.25, -0.2) is 9.38 Å². The highest BCUT2D eigenvalue weighted by Gasteiger charge is 2.04. The summed E-state index contributed by atoms with van der Waals surface area (Å²) in [5.41, 5.74) is 10.1. The Morgan fingerprint density at radius 2 is 2.22 bits per heavy atom. The Balaban J connectivity index is 4.27.